The summed E-state index contributed by atoms with van der Waals surface area (Å²) >= 11 is 0. The molecular formula is C23H40N2O3. The van der Waals surface area contributed by atoms with E-state index in [1.54, 1.807) is 0 Å². The van der Waals surface area contributed by atoms with E-state index in [2.05, 4.69) is 30.1 Å². The number of piperazine rings is 1. The second kappa shape index (κ2) is 13.7. The molecule has 4 rings (SSSR count). The molecule has 2 fully saturated rings. The van der Waals surface area contributed by atoms with Gasteiger partial charge in [-0.15, -0.1) is 0 Å². The van der Waals surface area contributed by atoms with Gasteiger partial charge in [-0.25, -0.2) is 4.79 Å². The van der Waals surface area contributed by atoms with Crippen LogP contribution in [0.3, 0.4) is 0 Å². The fourth-order valence-electron chi connectivity index (χ4n) is 3.45. The van der Waals surface area contributed by atoms with E-state index in [0.29, 0.717) is 18.2 Å². The first kappa shape index (κ1) is 24.6. The van der Waals surface area contributed by atoms with Crippen molar-refractivity contribution in [1.29, 1.82) is 0 Å². The fourth-order valence-corrected chi connectivity index (χ4v) is 3.45. The van der Waals surface area contributed by atoms with E-state index in [-0.39, 0.29) is 12.1 Å². The molecule has 1 aromatic carbocycles. The Labute approximate surface area is 171 Å². The van der Waals surface area contributed by atoms with Crippen LogP contribution in [0.25, 0.3) is 0 Å². The van der Waals surface area contributed by atoms with Crippen molar-refractivity contribution < 1.29 is 14.3 Å². The highest BCUT2D eigenvalue weighted by molar-refractivity contribution is 5.92. The zero-order chi connectivity index (χ0) is 20.9. The molecule has 28 heavy (non-hydrogen) atoms. The van der Waals surface area contributed by atoms with Gasteiger partial charge in [0.25, 0.3) is 0 Å². The number of benzene rings is 1. The lowest BCUT2D eigenvalue weighted by atomic mass is 9.96. The Bertz CT molecular complexity index is 577. The molecule has 3 aliphatic heterocycles. The normalized spacial score (nSPS) is 23.1. The summed E-state index contributed by atoms with van der Waals surface area (Å²) < 4.78 is 11.1. The maximum atomic E-state index is 11.7. The molecule has 0 aliphatic carbocycles. The Kier molecular flexibility index (Phi) is 12.0. The smallest absolute Gasteiger partial charge is 0.338 e. The van der Waals surface area contributed by atoms with Crippen LogP contribution in [0, 0.1) is 0 Å². The molecule has 1 N–H and O–H groups in total. The van der Waals surface area contributed by atoms with Gasteiger partial charge < -0.3 is 14.8 Å². The van der Waals surface area contributed by atoms with Crippen molar-refractivity contribution in [3.63, 3.8) is 0 Å². The average molecular weight is 393 g/mol. The van der Waals surface area contributed by atoms with Gasteiger partial charge >= 0.3 is 5.97 Å². The third-order valence-electron chi connectivity index (χ3n) is 4.69. The number of nitrogens with one attached hydrogen (secondary N) is 1. The largest absolute Gasteiger partial charge is 0.462 e. The quantitative estimate of drug-likeness (QED) is 0.726. The van der Waals surface area contributed by atoms with Crippen LogP contribution in [0.5, 0.6) is 0 Å². The minimum Gasteiger partial charge on any atom is -0.462 e. The maximum absolute atomic E-state index is 11.7. The van der Waals surface area contributed by atoms with Crippen molar-refractivity contribution in [2.24, 2.45) is 0 Å². The first-order valence-electron chi connectivity index (χ1n) is 11.1. The zero-order valence-electron chi connectivity index (χ0n) is 18.7. The number of ether oxygens (including phenoxy) is 2. The van der Waals surface area contributed by atoms with Crippen LogP contribution in [-0.2, 0) is 15.9 Å². The van der Waals surface area contributed by atoms with E-state index in [4.69, 9.17) is 9.47 Å². The molecular weight excluding hydrogens is 352 g/mol. The van der Waals surface area contributed by atoms with Gasteiger partial charge in [-0.1, -0.05) is 60.1 Å². The molecule has 1 aromatic rings. The lowest BCUT2D eigenvalue weighted by molar-refractivity contribution is -0.0718. The molecule has 0 radical (unpaired) electrons. The molecule has 2 atom stereocenters. The van der Waals surface area contributed by atoms with Crippen molar-refractivity contribution in [3.8, 4) is 0 Å². The highest BCUT2D eigenvalue weighted by Crippen LogP contribution is 2.28. The second-order valence-corrected chi connectivity index (χ2v) is 6.68. The van der Waals surface area contributed by atoms with Crippen LogP contribution in [0.15, 0.2) is 18.2 Å². The van der Waals surface area contributed by atoms with Crippen LogP contribution in [0.1, 0.15) is 75.6 Å². The summed E-state index contributed by atoms with van der Waals surface area (Å²) in [6, 6.07) is 6.53. The number of hydrogen-bond acceptors (Lipinski definition) is 5. The monoisotopic (exact) mass is 392 g/mol. The van der Waals surface area contributed by atoms with Gasteiger partial charge in [0.2, 0.25) is 0 Å². The lowest BCUT2D eigenvalue weighted by Crippen LogP contribution is -2.57. The molecule has 5 heteroatoms. The van der Waals surface area contributed by atoms with E-state index in [9.17, 15) is 4.79 Å². The zero-order valence-corrected chi connectivity index (χ0v) is 18.7. The molecule has 0 amide bonds. The highest BCUT2D eigenvalue weighted by atomic mass is 16.5. The summed E-state index contributed by atoms with van der Waals surface area (Å²) in [6.45, 7) is 17.6. The molecule has 3 heterocycles. The number of fused-ring (bicyclic) bond motifs is 2. The summed E-state index contributed by atoms with van der Waals surface area (Å²) in [6.07, 6.45) is 2.17. The Morgan fingerprint density at radius 3 is 2.61 bits per heavy atom. The number of carbonyl (C=O) groups is 1. The van der Waals surface area contributed by atoms with Crippen LogP contribution >= 0.6 is 0 Å². The number of nitrogens with zero attached hydrogens (tertiary/aromatic N) is 1. The van der Waals surface area contributed by atoms with Gasteiger partial charge in [0.1, 0.15) is 0 Å². The molecule has 0 bridgehead atoms. The predicted molar refractivity (Wildman–Crippen MR) is 116 cm³/mol. The van der Waals surface area contributed by atoms with Gasteiger partial charge in [0.15, 0.2) is 0 Å². The Balaban J connectivity index is 0.000000502. The van der Waals surface area contributed by atoms with Crippen molar-refractivity contribution >= 4 is 5.97 Å². The Morgan fingerprint density at radius 2 is 1.89 bits per heavy atom. The van der Waals surface area contributed by atoms with Crippen molar-refractivity contribution in [2.75, 3.05) is 39.4 Å². The van der Waals surface area contributed by atoms with E-state index in [0.717, 1.165) is 44.8 Å². The third-order valence-corrected chi connectivity index (χ3v) is 4.69. The lowest BCUT2D eigenvalue weighted by Gasteiger charge is -2.42. The number of rotatable bonds is 1. The topological polar surface area (TPSA) is 50.8 Å². The summed E-state index contributed by atoms with van der Waals surface area (Å²) in [4.78, 5) is 14.2. The SMILES string of the molecule is CC.CC.CCC.O=C1OCCc2cc([C@@H]3CN4CCNC[C@H]4CO3)ccc21. The van der Waals surface area contributed by atoms with Gasteiger partial charge in [-0.05, 0) is 17.2 Å². The standard InChI is InChI=1S/C16H20N2O3.C3H8.2C2H6/c19-16-14-2-1-12(7-11(14)3-6-20-16)15-9-18-5-4-17-8-13(18)10-21-15;1-3-2;2*1-2/h1-2,7,13,15,17H,3-6,8-10H2;3H2,1-2H3;2*1-2H3/t13-,15-;;;/m0.../s1. The van der Waals surface area contributed by atoms with Crippen molar-refractivity contribution in [1.82, 2.24) is 10.2 Å². The molecule has 2 saturated heterocycles. The number of esters is 1. The molecule has 0 unspecified atom stereocenters. The number of morpholine rings is 1. The summed E-state index contributed by atoms with van der Waals surface area (Å²) in [7, 11) is 0. The van der Waals surface area contributed by atoms with Crippen LogP contribution < -0.4 is 5.32 Å². The van der Waals surface area contributed by atoms with E-state index in [1.165, 1.54) is 12.0 Å². The van der Waals surface area contributed by atoms with Gasteiger partial charge in [-0.3, -0.25) is 4.90 Å². The Hall–Kier alpha value is -1.43. The fraction of sp³-hybridized carbons (Fsp3) is 0.696. The summed E-state index contributed by atoms with van der Waals surface area (Å²) in [5.74, 6) is -0.200. The first-order valence-corrected chi connectivity index (χ1v) is 11.1. The second-order valence-electron chi connectivity index (χ2n) is 6.68. The van der Waals surface area contributed by atoms with Gasteiger partial charge in [0.05, 0.1) is 24.9 Å². The van der Waals surface area contributed by atoms with Crippen molar-refractivity contribution in [3.05, 3.63) is 34.9 Å². The van der Waals surface area contributed by atoms with Crippen LogP contribution in [0.2, 0.25) is 0 Å². The first-order chi connectivity index (χ1) is 13.7. The molecule has 0 spiro atoms. The average Bonchev–Trinajstić information content (AvgIpc) is 2.77. The summed E-state index contributed by atoms with van der Waals surface area (Å²) in [5.41, 5.74) is 2.98. The minimum absolute atomic E-state index is 0.114. The molecule has 3 aliphatic rings. The maximum Gasteiger partial charge on any atom is 0.338 e. The van der Waals surface area contributed by atoms with E-state index >= 15 is 0 Å². The third kappa shape index (κ3) is 6.57. The van der Waals surface area contributed by atoms with Gasteiger partial charge in [-0.2, -0.15) is 0 Å². The molecule has 0 aromatic heterocycles. The summed E-state index contributed by atoms with van der Waals surface area (Å²) in [5, 5.41) is 3.41. The molecule has 5 nitrogen and oxygen atoms in total. The predicted octanol–water partition coefficient (Wildman–Crippen LogP) is 4.21. The molecule has 0 saturated carbocycles. The van der Waals surface area contributed by atoms with Crippen LogP contribution in [-0.4, -0.2) is 56.3 Å². The number of hydrogen-bond donors (Lipinski definition) is 1. The highest BCUT2D eigenvalue weighted by Gasteiger charge is 2.32. The van der Waals surface area contributed by atoms with E-state index < -0.39 is 0 Å². The molecule has 160 valence electrons. The number of cyclic esters (lactones) is 1. The Morgan fingerprint density at radius 1 is 1.18 bits per heavy atom. The van der Waals surface area contributed by atoms with Gasteiger partial charge in [0, 0.05) is 38.6 Å². The van der Waals surface area contributed by atoms with E-state index in [1.807, 2.05) is 39.8 Å². The minimum atomic E-state index is -0.200. The van der Waals surface area contributed by atoms with Crippen molar-refractivity contribution in [2.45, 2.75) is 66.5 Å². The van der Waals surface area contributed by atoms with Crippen LogP contribution in [0.4, 0.5) is 0 Å². The number of carbonyl (C=O) groups excluding carboxylic acids is 1.